The Hall–Kier alpha value is -0.580. The molecule has 2 aliphatic rings. The molecule has 1 heterocycles. The Morgan fingerprint density at radius 1 is 1.36 bits per heavy atom. The maximum Gasteiger partial charge on any atom is 0.169 e. The highest BCUT2D eigenvalue weighted by molar-refractivity contribution is 14.1. The monoisotopic (exact) mass is 299 g/mol. The van der Waals surface area contributed by atoms with Crippen LogP contribution in [-0.4, -0.2) is 3.72 Å². The van der Waals surface area contributed by atoms with Gasteiger partial charge in [-0.05, 0) is 41.0 Å². The molecule has 1 aliphatic heterocycles. The first-order chi connectivity index (χ1) is 6.80. The lowest BCUT2D eigenvalue weighted by Crippen LogP contribution is -2.21. The van der Waals surface area contributed by atoms with E-state index in [0.717, 1.165) is 23.0 Å². The maximum absolute atomic E-state index is 5.62. The van der Waals surface area contributed by atoms with E-state index in [1.165, 1.54) is 11.1 Å². The van der Waals surface area contributed by atoms with Gasteiger partial charge in [-0.15, -0.1) is 0 Å². The standard InChI is InChI=1S/C11H10INO/c12-10-7-11(14-13-10)6-5-8-3-1-2-4-9(8)11/h1-4H,5-7H2. The van der Waals surface area contributed by atoms with E-state index < -0.39 is 0 Å². The van der Waals surface area contributed by atoms with Gasteiger partial charge in [0.25, 0.3) is 0 Å². The van der Waals surface area contributed by atoms with Crippen LogP contribution in [0.5, 0.6) is 0 Å². The van der Waals surface area contributed by atoms with Crippen LogP contribution in [0.4, 0.5) is 0 Å². The van der Waals surface area contributed by atoms with E-state index in [-0.39, 0.29) is 5.60 Å². The number of hydrogen-bond acceptors (Lipinski definition) is 2. The van der Waals surface area contributed by atoms with E-state index in [0.29, 0.717) is 0 Å². The van der Waals surface area contributed by atoms with Gasteiger partial charge in [0.1, 0.15) is 3.72 Å². The topological polar surface area (TPSA) is 21.6 Å². The van der Waals surface area contributed by atoms with Crippen molar-refractivity contribution >= 4 is 26.3 Å². The first-order valence-corrected chi connectivity index (χ1v) is 5.87. The summed E-state index contributed by atoms with van der Waals surface area (Å²) in [6.07, 6.45) is 3.14. The van der Waals surface area contributed by atoms with Crippen LogP contribution in [-0.2, 0) is 16.9 Å². The maximum atomic E-state index is 5.62. The van der Waals surface area contributed by atoms with Gasteiger partial charge >= 0.3 is 0 Å². The van der Waals surface area contributed by atoms with Crippen molar-refractivity contribution in [3.8, 4) is 0 Å². The fourth-order valence-corrected chi connectivity index (χ4v) is 3.08. The Bertz CT molecular complexity index is 416. The van der Waals surface area contributed by atoms with Crippen LogP contribution in [0.15, 0.2) is 29.4 Å². The van der Waals surface area contributed by atoms with Crippen LogP contribution in [0, 0.1) is 0 Å². The van der Waals surface area contributed by atoms with Crippen molar-refractivity contribution in [2.45, 2.75) is 24.9 Å². The van der Waals surface area contributed by atoms with Crippen LogP contribution in [0.1, 0.15) is 24.0 Å². The lowest BCUT2D eigenvalue weighted by molar-refractivity contribution is -0.0215. The van der Waals surface area contributed by atoms with Crippen LogP contribution in [0.3, 0.4) is 0 Å². The van der Waals surface area contributed by atoms with Gasteiger partial charge in [0.2, 0.25) is 0 Å². The number of halogens is 1. The third kappa shape index (κ3) is 1.11. The second-order valence-corrected chi connectivity index (χ2v) is 5.13. The molecule has 1 atom stereocenters. The molecule has 0 saturated carbocycles. The number of aryl methyl sites for hydroxylation is 1. The molecule has 0 radical (unpaired) electrons. The highest BCUT2D eigenvalue weighted by Crippen LogP contribution is 2.46. The van der Waals surface area contributed by atoms with Gasteiger partial charge in [-0.25, -0.2) is 0 Å². The van der Waals surface area contributed by atoms with Gasteiger partial charge in [-0.1, -0.05) is 29.4 Å². The summed E-state index contributed by atoms with van der Waals surface area (Å²) in [5.74, 6) is 0. The minimum atomic E-state index is -0.118. The third-order valence-electron chi connectivity index (χ3n) is 3.06. The molecule has 1 unspecified atom stereocenters. The summed E-state index contributed by atoms with van der Waals surface area (Å²) in [6.45, 7) is 0. The normalized spacial score (nSPS) is 28.8. The number of hydrogen-bond donors (Lipinski definition) is 0. The predicted octanol–water partition coefficient (Wildman–Crippen LogP) is 3.00. The molecule has 3 heteroatoms. The smallest absolute Gasteiger partial charge is 0.169 e. The number of benzene rings is 1. The van der Waals surface area contributed by atoms with E-state index in [1.54, 1.807) is 0 Å². The van der Waals surface area contributed by atoms with Crippen LogP contribution in [0.25, 0.3) is 0 Å². The van der Waals surface area contributed by atoms with Crippen LogP contribution < -0.4 is 0 Å². The molecule has 0 N–H and O–H groups in total. The quantitative estimate of drug-likeness (QED) is 0.675. The highest BCUT2D eigenvalue weighted by atomic mass is 127. The minimum absolute atomic E-state index is 0.118. The summed E-state index contributed by atoms with van der Waals surface area (Å²) < 4.78 is 1.08. The lowest BCUT2D eigenvalue weighted by atomic mass is 9.93. The van der Waals surface area contributed by atoms with Crippen molar-refractivity contribution in [2.24, 2.45) is 5.16 Å². The van der Waals surface area contributed by atoms with E-state index >= 15 is 0 Å². The first-order valence-electron chi connectivity index (χ1n) is 4.79. The molecular weight excluding hydrogens is 289 g/mol. The third-order valence-corrected chi connectivity index (χ3v) is 3.64. The lowest BCUT2D eigenvalue weighted by Gasteiger charge is -2.21. The summed E-state index contributed by atoms with van der Waals surface area (Å²) in [7, 11) is 0. The average Bonchev–Trinajstić information content (AvgIpc) is 2.75. The Balaban J connectivity index is 2.06. The Kier molecular flexibility index (Phi) is 1.84. The zero-order valence-electron chi connectivity index (χ0n) is 7.66. The molecule has 1 aromatic rings. The fourth-order valence-electron chi connectivity index (χ4n) is 2.37. The molecule has 1 aromatic carbocycles. The molecule has 2 nitrogen and oxygen atoms in total. The number of fused-ring (bicyclic) bond motifs is 2. The first kappa shape index (κ1) is 8.71. The summed E-state index contributed by atoms with van der Waals surface area (Å²) >= 11 is 2.26. The van der Waals surface area contributed by atoms with Gasteiger partial charge < -0.3 is 4.84 Å². The van der Waals surface area contributed by atoms with E-state index in [2.05, 4.69) is 52.0 Å². The zero-order valence-corrected chi connectivity index (χ0v) is 9.82. The molecule has 72 valence electrons. The molecule has 0 aromatic heterocycles. The van der Waals surface area contributed by atoms with E-state index in [1.807, 2.05) is 0 Å². The zero-order chi connectivity index (χ0) is 9.60. The van der Waals surface area contributed by atoms with Crippen molar-refractivity contribution in [2.75, 3.05) is 0 Å². The average molecular weight is 299 g/mol. The molecule has 1 aliphatic carbocycles. The second-order valence-electron chi connectivity index (χ2n) is 3.89. The Labute approximate surface area is 96.5 Å². The summed E-state index contributed by atoms with van der Waals surface area (Å²) in [5.41, 5.74) is 2.65. The molecule has 3 rings (SSSR count). The van der Waals surface area contributed by atoms with Crippen molar-refractivity contribution in [3.63, 3.8) is 0 Å². The summed E-state index contributed by atoms with van der Waals surface area (Å²) in [4.78, 5) is 5.62. The molecule has 14 heavy (non-hydrogen) atoms. The molecule has 0 amide bonds. The van der Waals surface area contributed by atoms with Gasteiger partial charge in [0, 0.05) is 12.0 Å². The molecule has 0 fully saturated rings. The summed E-state index contributed by atoms with van der Waals surface area (Å²) in [6, 6.07) is 8.55. The highest BCUT2D eigenvalue weighted by Gasteiger charge is 2.45. The van der Waals surface area contributed by atoms with Gasteiger partial charge in [0.05, 0.1) is 0 Å². The molecule has 0 bridgehead atoms. The number of nitrogens with zero attached hydrogens (tertiary/aromatic N) is 1. The van der Waals surface area contributed by atoms with Crippen molar-refractivity contribution in [3.05, 3.63) is 35.4 Å². The summed E-state index contributed by atoms with van der Waals surface area (Å²) in [5, 5.41) is 4.07. The molecular formula is C11H10INO. The largest absolute Gasteiger partial charge is 0.383 e. The van der Waals surface area contributed by atoms with Crippen molar-refractivity contribution < 1.29 is 4.84 Å². The van der Waals surface area contributed by atoms with Crippen molar-refractivity contribution in [1.82, 2.24) is 0 Å². The minimum Gasteiger partial charge on any atom is -0.383 e. The van der Waals surface area contributed by atoms with E-state index in [4.69, 9.17) is 4.84 Å². The van der Waals surface area contributed by atoms with Gasteiger partial charge in [0.15, 0.2) is 5.60 Å². The van der Waals surface area contributed by atoms with Crippen LogP contribution >= 0.6 is 22.6 Å². The fraction of sp³-hybridized carbons (Fsp3) is 0.364. The predicted molar refractivity (Wildman–Crippen MR) is 63.6 cm³/mol. The Morgan fingerprint density at radius 3 is 3.00 bits per heavy atom. The second kappa shape index (κ2) is 2.95. The SMILES string of the molecule is IC1=NOC2(CCc3ccccc32)C1. The Morgan fingerprint density at radius 2 is 2.21 bits per heavy atom. The molecule has 1 spiro atoms. The van der Waals surface area contributed by atoms with Gasteiger partial charge in [-0.2, -0.15) is 0 Å². The molecule has 0 saturated heterocycles. The van der Waals surface area contributed by atoms with E-state index in [9.17, 15) is 0 Å². The van der Waals surface area contributed by atoms with Crippen molar-refractivity contribution in [1.29, 1.82) is 0 Å². The van der Waals surface area contributed by atoms with Crippen LogP contribution in [0.2, 0.25) is 0 Å². The van der Waals surface area contributed by atoms with Gasteiger partial charge in [-0.3, -0.25) is 0 Å². The number of rotatable bonds is 0. The number of oxime groups is 1.